The zero-order chi connectivity index (χ0) is 35.7. The first-order chi connectivity index (χ1) is 22.9. The Morgan fingerprint density at radius 3 is 2.29 bits per heavy atom. The fourth-order valence-corrected chi connectivity index (χ4v) is 7.50. The molecular weight excluding hydrogens is 702 g/mol. The maximum absolute atomic E-state index is 14.0. The average molecular weight is 731 g/mol. The van der Waals surface area contributed by atoms with E-state index < -0.39 is 62.9 Å². The number of carboxylic acids is 1. The van der Waals surface area contributed by atoms with Gasteiger partial charge in [-0.1, -0.05) is 42.0 Å². The monoisotopic (exact) mass is 730 g/mol. The number of rotatable bonds is 8. The molecule has 0 radical (unpaired) electrons. The quantitative estimate of drug-likeness (QED) is 0.189. The van der Waals surface area contributed by atoms with Crippen LogP contribution in [0, 0.1) is 5.92 Å². The maximum atomic E-state index is 14.0. The van der Waals surface area contributed by atoms with Crippen LogP contribution in [-0.4, -0.2) is 56.0 Å². The largest absolute Gasteiger partial charge is 0.486 e. The fraction of sp³-hybridized carbons (Fsp3) is 0.333. The lowest BCUT2D eigenvalue weighted by Crippen LogP contribution is -2.45. The van der Waals surface area contributed by atoms with E-state index in [-0.39, 0.29) is 59.4 Å². The van der Waals surface area contributed by atoms with E-state index in [4.69, 9.17) is 16.3 Å². The third-order valence-corrected chi connectivity index (χ3v) is 10.4. The highest BCUT2D eigenvalue weighted by molar-refractivity contribution is 7.92. The first kappa shape index (κ1) is 36.1. The minimum absolute atomic E-state index is 0.0207. The second-order valence-electron chi connectivity index (χ2n) is 11.6. The molecule has 1 unspecified atom stereocenters. The molecule has 5 rings (SSSR count). The number of hydrogen-bond donors (Lipinski definition) is 1. The van der Waals surface area contributed by atoms with Crippen molar-refractivity contribution in [1.29, 1.82) is 0 Å². The Balaban J connectivity index is 1.46. The Kier molecular flexibility index (Phi) is 10.3. The van der Waals surface area contributed by atoms with Crippen LogP contribution < -0.4 is 9.04 Å². The number of fused-ring (bicyclic) bond motifs is 1. The molecule has 2 heterocycles. The van der Waals surface area contributed by atoms with Gasteiger partial charge in [-0.3, -0.25) is 13.9 Å². The number of carboxylic acid groups (broad SMARTS) is 1. The number of nitrogens with zero attached hydrogens (tertiary/aromatic N) is 2. The van der Waals surface area contributed by atoms with Crippen LogP contribution in [0.1, 0.15) is 47.9 Å². The van der Waals surface area contributed by atoms with E-state index in [1.807, 2.05) is 0 Å². The van der Waals surface area contributed by atoms with Crippen molar-refractivity contribution < 1.29 is 54.2 Å². The molecule has 1 fully saturated rings. The van der Waals surface area contributed by atoms with Crippen LogP contribution in [0.2, 0.25) is 5.02 Å². The maximum Gasteiger partial charge on any atom is 0.417 e. The van der Waals surface area contributed by atoms with Gasteiger partial charge in [0.15, 0.2) is 0 Å². The summed E-state index contributed by atoms with van der Waals surface area (Å²) in [5.74, 6) is -1.75. The molecule has 2 aliphatic heterocycles. The number of piperidine rings is 1. The molecule has 262 valence electrons. The van der Waals surface area contributed by atoms with Gasteiger partial charge in [0.05, 0.1) is 34.2 Å². The topological polar surface area (TPSA) is 104 Å². The summed E-state index contributed by atoms with van der Waals surface area (Å²) in [6.07, 6.45) is -7.51. The number of alkyl halides is 6. The van der Waals surface area contributed by atoms with Crippen molar-refractivity contribution in [2.75, 3.05) is 23.9 Å². The van der Waals surface area contributed by atoms with E-state index in [0.717, 1.165) is 40.7 Å². The van der Waals surface area contributed by atoms with E-state index >= 15 is 0 Å². The number of halogens is 7. The van der Waals surface area contributed by atoms with Gasteiger partial charge in [-0.2, -0.15) is 26.3 Å². The standard InChI is InChI=1S/C33H29ClF6N2O6S/c34-27-6-2-5-26(33(38,39)40)25(27)10-7-20-8-11-29-28(17-20)42(49(46,47)24-4-1-3-22(18-24)32(35,36)37)19-23(48-29)9-12-30(43)41-15-13-21(14-16-41)31(44)45/h1-8,10-11,17-18,21,23H,9,12-16,19H2,(H,44,45). The minimum Gasteiger partial charge on any atom is -0.486 e. The molecule has 16 heteroatoms. The van der Waals surface area contributed by atoms with E-state index in [1.54, 1.807) is 0 Å². The number of likely N-dealkylation sites (tertiary alicyclic amines) is 1. The van der Waals surface area contributed by atoms with Gasteiger partial charge in [0.25, 0.3) is 10.0 Å². The number of aliphatic carboxylic acids is 1. The molecule has 0 saturated carbocycles. The lowest BCUT2D eigenvalue weighted by atomic mass is 9.97. The predicted molar refractivity (Wildman–Crippen MR) is 168 cm³/mol. The summed E-state index contributed by atoms with van der Waals surface area (Å²) in [4.78, 5) is 25.1. The van der Waals surface area contributed by atoms with Crippen molar-refractivity contribution in [3.63, 3.8) is 0 Å². The molecule has 8 nitrogen and oxygen atoms in total. The van der Waals surface area contributed by atoms with E-state index in [1.165, 1.54) is 35.2 Å². The zero-order valence-corrected chi connectivity index (χ0v) is 27.0. The highest BCUT2D eigenvalue weighted by atomic mass is 35.5. The highest BCUT2D eigenvalue weighted by Crippen LogP contribution is 2.41. The zero-order valence-electron chi connectivity index (χ0n) is 25.5. The fourth-order valence-electron chi connectivity index (χ4n) is 5.72. The Labute approximate surface area is 282 Å². The van der Waals surface area contributed by atoms with Gasteiger partial charge in [-0.15, -0.1) is 0 Å². The van der Waals surface area contributed by atoms with Gasteiger partial charge < -0.3 is 14.7 Å². The molecule has 1 atom stereocenters. The third-order valence-electron chi connectivity index (χ3n) is 8.34. The number of ether oxygens (including phenoxy) is 1. The Morgan fingerprint density at radius 1 is 0.939 bits per heavy atom. The number of anilines is 1. The van der Waals surface area contributed by atoms with Crippen molar-refractivity contribution in [3.8, 4) is 5.75 Å². The first-order valence-corrected chi connectivity index (χ1v) is 16.8. The van der Waals surface area contributed by atoms with Gasteiger partial charge in [0, 0.05) is 30.1 Å². The molecule has 3 aromatic carbocycles. The molecule has 1 saturated heterocycles. The molecule has 1 N–H and O–H groups in total. The first-order valence-electron chi connectivity index (χ1n) is 15.0. The molecule has 0 bridgehead atoms. The summed E-state index contributed by atoms with van der Waals surface area (Å²) in [5.41, 5.74) is -2.34. The molecule has 2 aliphatic rings. The Hall–Kier alpha value is -4.24. The number of carbonyl (C=O) groups excluding carboxylic acids is 1. The van der Waals surface area contributed by atoms with Gasteiger partial charge in [0.2, 0.25) is 5.91 Å². The molecule has 3 aromatic rings. The summed E-state index contributed by atoms with van der Waals surface area (Å²) < 4.78 is 116. The summed E-state index contributed by atoms with van der Waals surface area (Å²) in [5, 5.41) is 9.04. The average Bonchev–Trinajstić information content (AvgIpc) is 3.05. The van der Waals surface area contributed by atoms with Gasteiger partial charge in [-0.25, -0.2) is 8.42 Å². The SMILES string of the molecule is O=C(O)C1CCN(C(=O)CCC2CN(S(=O)(=O)c3cccc(C(F)(F)F)c3)c3cc(C=Cc4c(Cl)cccc4C(F)(F)F)ccc3O2)CC1. The van der Waals surface area contributed by atoms with Crippen LogP contribution >= 0.6 is 11.6 Å². The summed E-state index contributed by atoms with van der Waals surface area (Å²) >= 11 is 6.06. The van der Waals surface area contributed by atoms with E-state index in [2.05, 4.69) is 0 Å². The van der Waals surface area contributed by atoms with Gasteiger partial charge >= 0.3 is 18.3 Å². The Morgan fingerprint density at radius 2 is 1.63 bits per heavy atom. The molecule has 49 heavy (non-hydrogen) atoms. The van der Waals surface area contributed by atoms with Gasteiger partial charge in [-0.05, 0) is 67.3 Å². The Bertz CT molecular complexity index is 1870. The predicted octanol–water partition coefficient (Wildman–Crippen LogP) is 7.61. The van der Waals surface area contributed by atoms with E-state index in [0.29, 0.717) is 18.9 Å². The van der Waals surface area contributed by atoms with Crippen molar-refractivity contribution in [3.05, 3.63) is 87.9 Å². The number of carbonyl (C=O) groups is 2. The van der Waals surface area contributed by atoms with E-state index in [9.17, 15) is 49.5 Å². The number of amides is 1. The molecule has 1 amide bonds. The lowest BCUT2D eigenvalue weighted by molar-refractivity contribution is -0.145. The van der Waals surface area contributed by atoms with Crippen LogP contribution in [-0.2, 0) is 32.0 Å². The third kappa shape index (κ3) is 8.15. The smallest absolute Gasteiger partial charge is 0.417 e. The molecule has 0 aromatic heterocycles. The van der Waals surface area contributed by atoms with Crippen molar-refractivity contribution in [1.82, 2.24) is 4.90 Å². The second-order valence-corrected chi connectivity index (χ2v) is 13.9. The van der Waals surface area contributed by atoms with Gasteiger partial charge in [0.1, 0.15) is 11.9 Å². The number of benzene rings is 3. The number of sulfonamides is 1. The summed E-state index contributed by atoms with van der Waals surface area (Å²) in [6, 6.07) is 10.6. The highest BCUT2D eigenvalue weighted by Gasteiger charge is 2.38. The van der Waals surface area contributed by atoms with Crippen LogP contribution in [0.3, 0.4) is 0 Å². The molecular formula is C33H29ClF6N2O6S. The van der Waals surface area contributed by atoms with Crippen LogP contribution in [0.5, 0.6) is 5.75 Å². The lowest BCUT2D eigenvalue weighted by Gasteiger charge is -2.36. The summed E-state index contributed by atoms with van der Waals surface area (Å²) in [7, 11) is -4.67. The van der Waals surface area contributed by atoms with Crippen molar-refractivity contribution in [2.45, 2.75) is 49.0 Å². The molecule has 0 aliphatic carbocycles. The minimum atomic E-state index is -4.83. The normalized spacial score (nSPS) is 17.6. The summed E-state index contributed by atoms with van der Waals surface area (Å²) in [6.45, 7) is 0.0974. The van der Waals surface area contributed by atoms with Crippen LogP contribution in [0.4, 0.5) is 32.0 Å². The van der Waals surface area contributed by atoms with Crippen molar-refractivity contribution in [2.24, 2.45) is 5.92 Å². The number of hydrogen-bond acceptors (Lipinski definition) is 5. The van der Waals surface area contributed by atoms with Crippen molar-refractivity contribution >= 4 is 51.3 Å². The second kappa shape index (κ2) is 13.9. The van der Waals surface area contributed by atoms with Crippen LogP contribution in [0.15, 0.2) is 65.6 Å². The van der Waals surface area contributed by atoms with Crippen LogP contribution in [0.25, 0.3) is 12.2 Å². The molecule has 0 spiro atoms.